The van der Waals surface area contributed by atoms with Crippen molar-refractivity contribution < 1.29 is 24.2 Å². The zero-order chi connectivity index (χ0) is 20.1. The van der Waals surface area contributed by atoms with Gasteiger partial charge in [-0.2, -0.15) is 0 Å². The van der Waals surface area contributed by atoms with Gasteiger partial charge in [0, 0.05) is 29.4 Å². The maximum Gasteiger partial charge on any atom is 0.303 e. The molecule has 5 atom stereocenters. The zero-order valence-corrected chi connectivity index (χ0v) is 16.9. The second-order valence-corrected chi connectivity index (χ2v) is 9.24. The molecule has 0 amide bonds. The number of hydrogen-bond donors (Lipinski definition) is 1. The first-order chi connectivity index (χ1) is 12.5. The summed E-state index contributed by atoms with van der Waals surface area (Å²) in [5.74, 6) is -0.555. The van der Waals surface area contributed by atoms with Crippen LogP contribution in [0.2, 0.25) is 0 Å². The monoisotopic (exact) mass is 374 g/mol. The summed E-state index contributed by atoms with van der Waals surface area (Å²) < 4.78 is 5.47. The van der Waals surface area contributed by atoms with E-state index in [1.807, 2.05) is 6.08 Å². The molecule has 3 rings (SSSR count). The highest BCUT2D eigenvalue weighted by molar-refractivity contribution is 6.04. The van der Waals surface area contributed by atoms with Crippen molar-refractivity contribution >= 4 is 18.0 Å². The molecule has 1 N–H and O–H groups in total. The van der Waals surface area contributed by atoms with Crippen molar-refractivity contribution in [1.82, 2.24) is 0 Å². The molecule has 0 aromatic carbocycles. The van der Waals surface area contributed by atoms with E-state index in [-0.39, 0.29) is 23.0 Å². The van der Waals surface area contributed by atoms with E-state index in [4.69, 9.17) is 4.74 Å². The maximum absolute atomic E-state index is 13.3. The van der Waals surface area contributed by atoms with Crippen molar-refractivity contribution in [3.8, 4) is 0 Å². The third-order valence-electron chi connectivity index (χ3n) is 7.11. The highest BCUT2D eigenvalue weighted by Gasteiger charge is 2.58. The number of allylic oxidation sites excluding steroid dienone is 2. The van der Waals surface area contributed by atoms with Crippen LogP contribution in [0.3, 0.4) is 0 Å². The molecule has 3 aliphatic rings. The van der Waals surface area contributed by atoms with Crippen LogP contribution < -0.4 is 0 Å². The van der Waals surface area contributed by atoms with Crippen molar-refractivity contribution in [2.75, 3.05) is 0 Å². The molecule has 0 spiro atoms. The second kappa shape index (κ2) is 6.69. The van der Waals surface area contributed by atoms with Gasteiger partial charge in [0.15, 0.2) is 11.9 Å². The number of ether oxygens (including phenoxy) is 1. The summed E-state index contributed by atoms with van der Waals surface area (Å²) in [5, 5.41) is 10.3. The maximum atomic E-state index is 13.3. The lowest BCUT2D eigenvalue weighted by Gasteiger charge is -2.39. The number of aliphatic hydroxyl groups is 1. The fourth-order valence-corrected chi connectivity index (χ4v) is 5.65. The van der Waals surface area contributed by atoms with E-state index in [1.165, 1.54) is 6.92 Å². The van der Waals surface area contributed by atoms with Crippen LogP contribution >= 0.6 is 0 Å². The molecule has 1 saturated carbocycles. The van der Waals surface area contributed by atoms with Gasteiger partial charge in [0.25, 0.3) is 0 Å². The summed E-state index contributed by atoms with van der Waals surface area (Å²) >= 11 is 0. The topological polar surface area (TPSA) is 80.7 Å². The minimum atomic E-state index is -0.784. The third-order valence-corrected chi connectivity index (χ3v) is 7.11. The van der Waals surface area contributed by atoms with Crippen molar-refractivity contribution in [2.45, 2.75) is 72.5 Å². The predicted octanol–water partition coefficient (Wildman–Crippen LogP) is 3.16. The van der Waals surface area contributed by atoms with E-state index in [2.05, 4.69) is 27.7 Å². The normalized spacial score (nSPS) is 38.9. The number of esters is 1. The van der Waals surface area contributed by atoms with E-state index < -0.39 is 23.6 Å². The Kier molecular flexibility index (Phi) is 4.96. The van der Waals surface area contributed by atoms with Gasteiger partial charge in [-0.3, -0.25) is 14.4 Å². The minimum absolute atomic E-state index is 0.103. The molecule has 5 heteroatoms. The highest BCUT2D eigenvalue weighted by Crippen LogP contribution is 2.59. The number of aliphatic hydroxyl groups excluding tert-OH is 1. The summed E-state index contributed by atoms with van der Waals surface area (Å²) in [6.45, 7) is 9.65. The van der Waals surface area contributed by atoms with Crippen LogP contribution in [0.15, 0.2) is 22.8 Å². The molecule has 0 heterocycles. The van der Waals surface area contributed by atoms with Crippen LogP contribution in [0, 0.1) is 22.7 Å². The molecule has 27 heavy (non-hydrogen) atoms. The van der Waals surface area contributed by atoms with Gasteiger partial charge in [-0.25, -0.2) is 0 Å². The first kappa shape index (κ1) is 20.0. The van der Waals surface area contributed by atoms with Crippen LogP contribution in [0.25, 0.3) is 0 Å². The first-order valence-corrected chi connectivity index (χ1v) is 9.86. The number of rotatable bonds is 3. The van der Waals surface area contributed by atoms with Crippen LogP contribution in [-0.2, 0) is 19.1 Å². The minimum Gasteiger partial charge on any atom is -0.454 e. The fraction of sp³-hybridized carbons (Fsp3) is 0.682. The number of carbonyl (C=O) groups is 3. The Labute approximate surface area is 160 Å². The fourth-order valence-electron chi connectivity index (χ4n) is 5.65. The SMILES string of the molecule is CC(=O)O[C@@H]1C(=O)C2=CC3=C(C=O)[C@H](O)CC[C@]3(C)CC[C@@]2(C)[C@@H]1C(C)C. The largest absolute Gasteiger partial charge is 0.454 e. The van der Waals surface area contributed by atoms with Crippen LogP contribution in [0.4, 0.5) is 0 Å². The first-order valence-electron chi connectivity index (χ1n) is 9.86. The van der Waals surface area contributed by atoms with Crippen LogP contribution in [0.5, 0.6) is 0 Å². The van der Waals surface area contributed by atoms with Gasteiger partial charge in [0.1, 0.15) is 6.29 Å². The summed E-state index contributed by atoms with van der Waals surface area (Å²) in [7, 11) is 0. The number of hydrogen-bond acceptors (Lipinski definition) is 5. The molecule has 5 nitrogen and oxygen atoms in total. The number of aldehydes is 1. The molecule has 0 bridgehead atoms. The van der Waals surface area contributed by atoms with Gasteiger partial charge in [0.2, 0.25) is 0 Å². The number of carbonyl (C=O) groups excluding carboxylic acids is 3. The Balaban J connectivity index is 2.21. The lowest BCUT2D eigenvalue weighted by molar-refractivity contribution is -0.155. The highest BCUT2D eigenvalue weighted by atomic mass is 16.5. The van der Waals surface area contributed by atoms with Crippen molar-refractivity contribution in [2.24, 2.45) is 22.7 Å². The molecular formula is C22H30O5. The van der Waals surface area contributed by atoms with Gasteiger partial charge >= 0.3 is 5.97 Å². The van der Waals surface area contributed by atoms with Gasteiger partial charge in [-0.15, -0.1) is 0 Å². The lowest BCUT2D eigenvalue weighted by Crippen LogP contribution is -2.37. The van der Waals surface area contributed by atoms with E-state index >= 15 is 0 Å². The Hall–Kier alpha value is -1.75. The van der Waals surface area contributed by atoms with Crippen molar-refractivity contribution in [3.63, 3.8) is 0 Å². The standard InChI is InChI=1S/C22H30O5/c1-12(2)18-20(27-13(3)24)19(26)16-10-15-14(11-23)17(25)6-7-21(15,4)8-9-22(16,18)5/h10-12,17-18,20,25H,6-9H2,1-5H3/t17-,18-,20+,21-,22-/m1/s1. The van der Waals surface area contributed by atoms with Crippen molar-refractivity contribution in [3.05, 3.63) is 22.8 Å². The van der Waals surface area contributed by atoms with E-state index in [9.17, 15) is 19.5 Å². The average molecular weight is 374 g/mol. The zero-order valence-electron chi connectivity index (χ0n) is 16.9. The molecule has 0 aliphatic heterocycles. The Morgan fingerprint density at radius 1 is 1.30 bits per heavy atom. The van der Waals surface area contributed by atoms with Gasteiger partial charge in [-0.1, -0.05) is 33.8 Å². The smallest absolute Gasteiger partial charge is 0.303 e. The molecule has 0 aromatic heterocycles. The third kappa shape index (κ3) is 3.00. The molecule has 0 unspecified atom stereocenters. The van der Waals surface area contributed by atoms with Gasteiger partial charge in [0.05, 0.1) is 6.10 Å². The molecule has 0 aromatic rings. The summed E-state index contributed by atoms with van der Waals surface area (Å²) in [5.41, 5.74) is 1.17. The van der Waals surface area contributed by atoms with E-state index in [1.54, 1.807) is 0 Å². The molecule has 3 aliphatic carbocycles. The lowest BCUT2D eigenvalue weighted by atomic mass is 9.65. The number of Topliss-reactive ketones (excluding diaryl/α,β-unsaturated/α-hetero) is 1. The Morgan fingerprint density at radius 2 is 1.96 bits per heavy atom. The molecule has 148 valence electrons. The quantitative estimate of drug-likeness (QED) is 0.606. The summed E-state index contributed by atoms with van der Waals surface area (Å²) in [6, 6.07) is 0. The summed E-state index contributed by atoms with van der Waals surface area (Å²) in [4.78, 5) is 36.6. The molecule has 0 radical (unpaired) electrons. The predicted molar refractivity (Wildman–Crippen MR) is 101 cm³/mol. The van der Waals surface area contributed by atoms with Gasteiger partial charge < -0.3 is 9.84 Å². The van der Waals surface area contributed by atoms with E-state index in [0.29, 0.717) is 17.6 Å². The van der Waals surface area contributed by atoms with E-state index in [0.717, 1.165) is 31.1 Å². The molecular weight excluding hydrogens is 344 g/mol. The number of fused-ring (bicyclic) bond motifs is 2. The molecule has 0 saturated heterocycles. The van der Waals surface area contributed by atoms with Crippen molar-refractivity contribution in [1.29, 1.82) is 0 Å². The van der Waals surface area contributed by atoms with Crippen LogP contribution in [-0.4, -0.2) is 35.4 Å². The average Bonchev–Trinajstić information content (AvgIpc) is 2.70. The summed E-state index contributed by atoms with van der Waals surface area (Å²) in [6.07, 6.45) is 3.98. The van der Waals surface area contributed by atoms with Gasteiger partial charge in [-0.05, 0) is 42.6 Å². The Bertz CT molecular complexity index is 746. The number of ketones is 1. The van der Waals surface area contributed by atoms with Crippen LogP contribution in [0.1, 0.15) is 60.3 Å². The Morgan fingerprint density at radius 3 is 2.52 bits per heavy atom. The molecule has 1 fully saturated rings. The second-order valence-electron chi connectivity index (χ2n) is 9.24.